The number of unbranched alkanes of at least 4 members (excludes halogenated alkanes) is 1. The molecule has 0 atom stereocenters. The Morgan fingerprint density at radius 2 is 2.22 bits per heavy atom. The predicted molar refractivity (Wildman–Crippen MR) is 71.1 cm³/mol. The van der Waals surface area contributed by atoms with Crippen molar-refractivity contribution in [3.63, 3.8) is 0 Å². The van der Waals surface area contributed by atoms with Crippen LogP contribution >= 0.6 is 0 Å². The summed E-state index contributed by atoms with van der Waals surface area (Å²) in [4.78, 5) is 11.3. The topological polar surface area (TPSA) is 73.6 Å². The molecular formula is C13H20N2O3. The van der Waals surface area contributed by atoms with Gasteiger partial charge in [-0.25, -0.2) is 0 Å². The molecule has 1 aromatic rings. The smallest absolute Gasteiger partial charge is 0.238 e. The van der Waals surface area contributed by atoms with Gasteiger partial charge in [-0.1, -0.05) is 13.3 Å². The van der Waals surface area contributed by atoms with E-state index in [1.54, 1.807) is 25.3 Å². The van der Waals surface area contributed by atoms with Gasteiger partial charge in [-0.15, -0.1) is 0 Å². The molecule has 1 aromatic carbocycles. The van der Waals surface area contributed by atoms with Crippen LogP contribution in [0.3, 0.4) is 0 Å². The highest BCUT2D eigenvalue weighted by Crippen LogP contribution is 2.29. The van der Waals surface area contributed by atoms with Gasteiger partial charge in [0.2, 0.25) is 5.91 Å². The van der Waals surface area contributed by atoms with E-state index in [1.165, 1.54) is 0 Å². The molecule has 0 bridgehead atoms. The lowest BCUT2D eigenvalue weighted by atomic mass is 10.2. The Hall–Kier alpha value is -1.75. The van der Waals surface area contributed by atoms with Gasteiger partial charge in [0.25, 0.3) is 0 Å². The molecule has 0 aliphatic heterocycles. The maximum atomic E-state index is 11.3. The molecule has 1 amide bonds. The van der Waals surface area contributed by atoms with Crippen molar-refractivity contribution < 1.29 is 14.3 Å². The van der Waals surface area contributed by atoms with Crippen LogP contribution in [0.5, 0.6) is 11.5 Å². The molecule has 0 aromatic heterocycles. The number of nitrogens with two attached hydrogens (primary N) is 1. The SMILES string of the molecule is CCCCOc1ccc(OC)cc1NC(=O)CN. The summed E-state index contributed by atoms with van der Waals surface area (Å²) in [6.45, 7) is 2.65. The lowest BCUT2D eigenvalue weighted by Gasteiger charge is -2.13. The monoisotopic (exact) mass is 252 g/mol. The van der Waals surface area contributed by atoms with Crippen LogP contribution in [0.15, 0.2) is 18.2 Å². The maximum absolute atomic E-state index is 11.3. The van der Waals surface area contributed by atoms with E-state index in [4.69, 9.17) is 15.2 Å². The number of methoxy groups -OCH3 is 1. The predicted octanol–water partition coefficient (Wildman–Crippen LogP) is 1.77. The number of anilines is 1. The average Bonchev–Trinajstić information content (AvgIpc) is 2.40. The van der Waals surface area contributed by atoms with Gasteiger partial charge >= 0.3 is 0 Å². The first-order valence-corrected chi connectivity index (χ1v) is 6.02. The van der Waals surface area contributed by atoms with E-state index in [0.717, 1.165) is 12.8 Å². The number of amides is 1. The Labute approximate surface area is 107 Å². The Morgan fingerprint density at radius 3 is 2.83 bits per heavy atom. The average molecular weight is 252 g/mol. The number of hydrogen-bond donors (Lipinski definition) is 2. The van der Waals surface area contributed by atoms with Crippen LogP contribution in [0, 0.1) is 0 Å². The molecule has 0 heterocycles. The lowest BCUT2D eigenvalue weighted by molar-refractivity contribution is -0.114. The summed E-state index contributed by atoms with van der Waals surface area (Å²) in [7, 11) is 1.57. The summed E-state index contributed by atoms with van der Waals surface area (Å²) in [6, 6.07) is 5.29. The fourth-order valence-corrected chi connectivity index (χ4v) is 1.39. The number of ether oxygens (including phenoxy) is 2. The number of nitrogens with one attached hydrogen (secondary N) is 1. The van der Waals surface area contributed by atoms with Gasteiger partial charge in [0.05, 0.1) is 25.9 Å². The van der Waals surface area contributed by atoms with Crippen LogP contribution in [-0.4, -0.2) is 26.2 Å². The van der Waals surface area contributed by atoms with Gasteiger partial charge in [-0.05, 0) is 18.6 Å². The fraction of sp³-hybridized carbons (Fsp3) is 0.462. The van der Waals surface area contributed by atoms with Crippen molar-refractivity contribution in [1.82, 2.24) is 0 Å². The standard InChI is InChI=1S/C13H20N2O3/c1-3-4-7-18-12-6-5-10(17-2)8-11(12)15-13(16)9-14/h5-6,8H,3-4,7,9,14H2,1-2H3,(H,15,16). The minimum atomic E-state index is -0.261. The third kappa shape index (κ3) is 4.25. The molecule has 100 valence electrons. The summed E-state index contributed by atoms with van der Waals surface area (Å²) < 4.78 is 10.7. The number of benzene rings is 1. The first kappa shape index (κ1) is 14.3. The Bertz CT molecular complexity index is 394. The second kappa shape index (κ2) is 7.55. The molecular weight excluding hydrogens is 232 g/mol. The normalized spacial score (nSPS) is 9.94. The highest BCUT2D eigenvalue weighted by molar-refractivity contribution is 5.93. The summed E-state index contributed by atoms with van der Waals surface area (Å²) in [5.41, 5.74) is 5.86. The summed E-state index contributed by atoms with van der Waals surface area (Å²) in [5.74, 6) is 1.03. The molecule has 1 rings (SSSR count). The van der Waals surface area contributed by atoms with Crippen LogP contribution in [-0.2, 0) is 4.79 Å². The van der Waals surface area contributed by atoms with Gasteiger partial charge in [-0.3, -0.25) is 4.79 Å². The van der Waals surface area contributed by atoms with Crippen LogP contribution < -0.4 is 20.5 Å². The first-order chi connectivity index (χ1) is 8.71. The molecule has 0 unspecified atom stereocenters. The summed E-state index contributed by atoms with van der Waals surface area (Å²) >= 11 is 0. The van der Waals surface area contributed by atoms with E-state index in [2.05, 4.69) is 12.2 Å². The van der Waals surface area contributed by atoms with E-state index in [0.29, 0.717) is 23.8 Å². The molecule has 0 saturated carbocycles. The zero-order valence-corrected chi connectivity index (χ0v) is 10.9. The fourth-order valence-electron chi connectivity index (χ4n) is 1.39. The molecule has 18 heavy (non-hydrogen) atoms. The molecule has 0 fully saturated rings. The van der Waals surface area contributed by atoms with Crippen LogP contribution in [0.25, 0.3) is 0 Å². The molecule has 0 saturated heterocycles. The van der Waals surface area contributed by atoms with E-state index >= 15 is 0 Å². The molecule has 5 nitrogen and oxygen atoms in total. The van der Waals surface area contributed by atoms with Crippen LogP contribution in [0.2, 0.25) is 0 Å². The van der Waals surface area contributed by atoms with E-state index in [9.17, 15) is 4.79 Å². The second-order valence-corrected chi connectivity index (χ2v) is 3.82. The minimum Gasteiger partial charge on any atom is -0.497 e. The van der Waals surface area contributed by atoms with Gasteiger partial charge in [0.15, 0.2) is 0 Å². The van der Waals surface area contributed by atoms with Gasteiger partial charge in [0.1, 0.15) is 11.5 Å². The van der Waals surface area contributed by atoms with Crippen LogP contribution in [0.4, 0.5) is 5.69 Å². The lowest BCUT2D eigenvalue weighted by Crippen LogP contribution is -2.22. The number of carbonyl (C=O) groups excluding carboxylic acids is 1. The van der Waals surface area contributed by atoms with Crippen molar-refractivity contribution in [2.75, 3.05) is 25.6 Å². The third-order valence-corrected chi connectivity index (χ3v) is 2.40. The molecule has 5 heteroatoms. The highest BCUT2D eigenvalue weighted by atomic mass is 16.5. The van der Waals surface area contributed by atoms with Crippen LogP contribution in [0.1, 0.15) is 19.8 Å². The van der Waals surface area contributed by atoms with E-state index in [1.807, 2.05) is 0 Å². The van der Waals surface area contributed by atoms with E-state index < -0.39 is 0 Å². The Kier molecular flexibility index (Phi) is 6.00. The van der Waals surface area contributed by atoms with Crippen molar-refractivity contribution in [2.45, 2.75) is 19.8 Å². The van der Waals surface area contributed by atoms with Crippen molar-refractivity contribution >= 4 is 11.6 Å². The van der Waals surface area contributed by atoms with E-state index in [-0.39, 0.29) is 12.5 Å². The van der Waals surface area contributed by atoms with Gasteiger partial charge in [0, 0.05) is 6.07 Å². The summed E-state index contributed by atoms with van der Waals surface area (Å²) in [6.07, 6.45) is 2.02. The molecule has 0 aliphatic rings. The zero-order chi connectivity index (χ0) is 13.4. The molecule has 0 aliphatic carbocycles. The number of hydrogen-bond acceptors (Lipinski definition) is 4. The second-order valence-electron chi connectivity index (χ2n) is 3.82. The number of rotatable bonds is 7. The van der Waals surface area contributed by atoms with Gasteiger partial charge in [-0.2, -0.15) is 0 Å². The third-order valence-electron chi connectivity index (χ3n) is 2.40. The highest BCUT2D eigenvalue weighted by Gasteiger charge is 2.08. The maximum Gasteiger partial charge on any atom is 0.238 e. The molecule has 0 spiro atoms. The summed E-state index contributed by atoms with van der Waals surface area (Å²) in [5, 5.41) is 2.69. The molecule has 3 N–H and O–H groups in total. The number of carbonyl (C=O) groups is 1. The molecule has 0 radical (unpaired) electrons. The largest absolute Gasteiger partial charge is 0.497 e. The van der Waals surface area contributed by atoms with Crippen molar-refractivity contribution in [3.05, 3.63) is 18.2 Å². The van der Waals surface area contributed by atoms with Crippen molar-refractivity contribution in [2.24, 2.45) is 5.73 Å². The Balaban J connectivity index is 2.82. The van der Waals surface area contributed by atoms with Crippen molar-refractivity contribution in [1.29, 1.82) is 0 Å². The minimum absolute atomic E-state index is 0.0639. The quantitative estimate of drug-likeness (QED) is 0.725. The zero-order valence-electron chi connectivity index (χ0n) is 10.9. The first-order valence-electron chi connectivity index (χ1n) is 6.02. The Morgan fingerprint density at radius 1 is 1.44 bits per heavy atom. The van der Waals surface area contributed by atoms with Gasteiger partial charge < -0.3 is 20.5 Å². The van der Waals surface area contributed by atoms with Crippen molar-refractivity contribution in [3.8, 4) is 11.5 Å².